The van der Waals surface area contributed by atoms with Gasteiger partial charge in [-0.15, -0.1) is 0 Å². The number of carbonyl (C=O) groups is 2. The van der Waals surface area contributed by atoms with Crippen molar-refractivity contribution in [3.05, 3.63) is 52.5 Å². The zero-order valence-electron chi connectivity index (χ0n) is 16.3. The maximum atomic E-state index is 12.8. The third-order valence-corrected chi connectivity index (χ3v) is 4.10. The van der Waals surface area contributed by atoms with E-state index in [0.717, 1.165) is 0 Å². The second-order valence-corrected chi connectivity index (χ2v) is 6.34. The first-order chi connectivity index (χ1) is 12.8. The summed E-state index contributed by atoms with van der Waals surface area (Å²) >= 11 is 0. The molecule has 0 saturated carbocycles. The lowest BCUT2D eigenvalue weighted by atomic mass is 9.81. The fraction of sp³-hybridized carbons (Fsp3) is 0.400. The molecule has 3 N–H and O–H groups in total. The van der Waals surface area contributed by atoms with Gasteiger partial charge in [0.25, 0.3) is 0 Å². The molecule has 1 atom stereocenters. The summed E-state index contributed by atoms with van der Waals surface area (Å²) in [6.45, 7) is 7.14. The molecule has 0 fully saturated rings. The molecule has 0 amide bonds. The van der Waals surface area contributed by atoms with E-state index in [9.17, 15) is 9.59 Å². The molecule has 0 radical (unpaired) electrons. The van der Waals surface area contributed by atoms with Gasteiger partial charge in [0, 0.05) is 11.3 Å². The van der Waals surface area contributed by atoms with Gasteiger partial charge in [0.15, 0.2) is 0 Å². The minimum atomic E-state index is -0.771. The fourth-order valence-electron chi connectivity index (χ4n) is 3.05. The van der Waals surface area contributed by atoms with Gasteiger partial charge in [-0.25, -0.2) is 9.59 Å². The summed E-state index contributed by atoms with van der Waals surface area (Å²) < 4.78 is 16.1. The van der Waals surface area contributed by atoms with Gasteiger partial charge >= 0.3 is 11.9 Å². The molecule has 1 heterocycles. The topological polar surface area (TPSA) is 99.9 Å². The molecular weight excluding hydrogens is 348 g/mol. The van der Waals surface area contributed by atoms with Crippen molar-refractivity contribution in [2.75, 3.05) is 13.7 Å². The number of rotatable bonds is 6. The highest BCUT2D eigenvalue weighted by molar-refractivity contribution is 6.00. The van der Waals surface area contributed by atoms with E-state index >= 15 is 0 Å². The molecule has 7 nitrogen and oxygen atoms in total. The fourth-order valence-corrected chi connectivity index (χ4v) is 3.05. The molecule has 0 bridgehead atoms. The summed E-state index contributed by atoms with van der Waals surface area (Å²) in [5.41, 5.74) is 7.74. The van der Waals surface area contributed by atoms with Crippen LogP contribution in [0.4, 0.5) is 0 Å². The minimum Gasteiger partial charge on any atom is -0.496 e. The number of hydrogen-bond donors (Lipinski definition) is 2. The third-order valence-electron chi connectivity index (χ3n) is 4.10. The molecular formula is C20H26N2O5. The van der Waals surface area contributed by atoms with Crippen LogP contribution in [0, 0.1) is 0 Å². The van der Waals surface area contributed by atoms with Crippen LogP contribution in [0.25, 0.3) is 0 Å². The number of carbonyl (C=O) groups excluding carboxylic acids is 2. The molecule has 1 aromatic rings. The molecule has 2 rings (SSSR count). The number of nitrogens with two attached hydrogens (primary N) is 1. The molecule has 1 aliphatic heterocycles. The number of dihydropyridines is 1. The first-order valence-corrected chi connectivity index (χ1v) is 8.80. The maximum Gasteiger partial charge on any atom is 0.338 e. The van der Waals surface area contributed by atoms with Gasteiger partial charge in [0.05, 0.1) is 36.9 Å². The van der Waals surface area contributed by atoms with Gasteiger partial charge in [-0.1, -0.05) is 18.2 Å². The highest BCUT2D eigenvalue weighted by Crippen LogP contribution is 2.42. The molecule has 1 aliphatic rings. The van der Waals surface area contributed by atoms with Gasteiger partial charge in [0.2, 0.25) is 0 Å². The van der Waals surface area contributed by atoms with E-state index in [0.29, 0.717) is 22.6 Å². The van der Waals surface area contributed by atoms with Gasteiger partial charge in [0.1, 0.15) is 11.6 Å². The van der Waals surface area contributed by atoms with Gasteiger partial charge < -0.3 is 25.3 Å². The molecule has 0 aromatic heterocycles. The number of esters is 2. The summed E-state index contributed by atoms with van der Waals surface area (Å²) in [4.78, 5) is 25.5. The Morgan fingerprint density at radius 1 is 1.19 bits per heavy atom. The molecule has 7 heteroatoms. The van der Waals surface area contributed by atoms with E-state index in [2.05, 4.69) is 5.32 Å². The second-order valence-electron chi connectivity index (χ2n) is 6.34. The zero-order chi connectivity index (χ0) is 20.1. The monoisotopic (exact) mass is 374 g/mol. The van der Waals surface area contributed by atoms with Crippen LogP contribution < -0.4 is 15.8 Å². The molecule has 1 unspecified atom stereocenters. The third kappa shape index (κ3) is 4.24. The standard InChI is InChI=1S/C20H26N2O5/c1-6-26-19(23)15-12(4)22-18(21)17(20(24)27-11(2)3)16(15)13-9-7-8-10-14(13)25-5/h7-11,16,22H,6,21H2,1-5H3. The molecule has 146 valence electrons. The molecule has 0 saturated heterocycles. The van der Waals surface area contributed by atoms with E-state index < -0.39 is 17.9 Å². The van der Waals surface area contributed by atoms with Crippen LogP contribution in [0.5, 0.6) is 5.75 Å². The van der Waals surface area contributed by atoms with Crippen molar-refractivity contribution >= 4 is 11.9 Å². The number of methoxy groups -OCH3 is 1. The Hall–Kier alpha value is -2.96. The summed E-state index contributed by atoms with van der Waals surface area (Å²) in [5, 5.41) is 2.90. The largest absolute Gasteiger partial charge is 0.496 e. The number of allylic oxidation sites excluding steroid dienone is 1. The lowest BCUT2D eigenvalue weighted by Gasteiger charge is -2.31. The highest BCUT2D eigenvalue weighted by Gasteiger charge is 2.40. The second kappa shape index (κ2) is 8.62. The zero-order valence-corrected chi connectivity index (χ0v) is 16.3. The van der Waals surface area contributed by atoms with Crippen molar-refractivity contribution in [1.82, 2.24) is 5.32 Å². The van der Waals surface area contributed by atoms with Crippen molar-refractivity contribution in [3.63, 3.8) is 0 Å². The Balaban J connectivity index is 2.69. The maximum absolute atomic E-state index is 12.8. The van der Waals surface area contributed by atoms with Crippen LogP contribution in [0.2, 0.25) is 0 Å². The van der Waals surface area contributed by atoms with Crippen molar-refractivity contribution in [3.8, 4) is 5.75 Å². The normalized spacial score (nSPS) is 16.9. The number of nitrogens with one attached hydrogen (secondary N) is 1. The summed E-state index contributed by atoms with van der Waals surface area (Å²) in [7, 11) is 1.53. The van der Waals surface area contributed by atoms with E-state index in [-0.39, 0.29) is 24.1 Å². The first-order valence-electron chi connectivity index (χ1n) is 8.80. The predicted molar refractivity (Wildman–Crippen MR) is 101 cm³/mol. The Morgan fingerprint density at radius 3 is 2.44 bits per heavy atom. The number of benzene rings is 1. The van der Waals surface area contributed by atoms with E-state index in [1.165, 1.54) is 7.11 Å². The Morgan fingerprint density at radius 2 is 1.85 bits per heavy atom. The van der Waals surface area contributed by atoms with Gasteiger partial charge in [-0.2, -0.15) is 0 Å². The average molecular weight is 374 g/mol. The SMILES string of the molecule is CCOC(=O)C1=C(C)NC(N)=C(C(=O)OC(C)C)C1c1ccccc1OC. The van der Waals surface area contributed by atoms with Crippen LogP contribution in [0.1, 0.15) is 39.2 Å². The van der Waals surface area contributed by atoms with Crippen LogP contribution in [-0.2, 0) is 19.1 Å². The lowest BCUT2D eigenvalue weighted by Crippen LogP contribution is -2.36. The van der Waals surface area contributed by atoms with E-state index in [1.807, 2.05) is 6.07 Å². The van der Waals surface area contributed by atoms with Crippen LogP contribution in [0.15, 0.2) is 46.9 Å². The summed E-state index contributed by atoms with van der Waals surface area (Å²) in [5.74, 6) is -1.22. The van der Waals surface area contributed by atoms with E-state index in [1.54, 1.807) is 45.9 Å². The summed E-state index contributed by atoms with van der Waals surface area (Å²) in [6, 6.07) is 7.16. The number of ether oxygens (including phenoxy) is 3. The van der Waals surface area contributed by atoms with Gasteiger partial charge in [-0.3, -0.25) is 0 Å². The molecule has 0 aliphatic carbocycles. The van der Waals surface area contributed by atoms with E-state index in [4.69, 9.17) is 19.9 Å². The highest BCUT2D eigenvalue weighted by atomic mass is 16.5. The first kappa shape index (κ1) is 20.4. The predicted octanol–water partition coefficient (Wildman–Crippen LogP) is 2.34. The molecule has 0 spiro atoms. The Labute approximate surface area is 159 Å². The smallest absolute Gasteiger partial charge is 0.338 e. The van der Waals surface area contributed by atoms with Crippen molar-refractivity contribution in [2.24, 2.45) is 5.73 Å². The summed E-state index contributed by atoms with van der Waals surface area (Å²) in [6.07, 6.45) is -0.339. The van der Waals surface area contributed by atoms with Crippen LogP contribution >= 0.6 is 0 Å². The minimum absolute atomic E-state index is 0.141. The van der Waals surface area contributed by atoms with Crippen LogP contribution in [0.3, 0.4) is 0 Å². The Bertz CT molecular complexity index is 795. The molecule has 27 heavy (non-hydrogen) atoms. The van der Waals surface area contributed by atoms with Gasteiger partial charge in [-0.05, 0) is 33.8 Å². The average Bonchev–Trinajstić information content (AvgIpc) is 2.60. The quantitative estimate of drug-likeness (QED) is 0.737. The Kier molecular flexibility index (Phi) is 6.50. The number of hydrogen-bond acceptors (Lipinski definition) is 7. The van der Waals surface area contributed by atoms with Crippen molar-refractivity contribution < 1.29 is 23.8 Å². The molecule has 1 aromatic carbocycles. The lowest BCUT2D eigenvalue weighted by molar-refractivity contribution is -0.143. The van der Waals surface area contributed by atoms with Crippen LogP contribution in [-0.4, -0.2) is 31.8 Å². The van der Waals surface area contributed by atoms with Crippen molar-refractivity contribution in [1.29, 1.82) is 0 Å². The number of para-hydroxylation sites is 1. The van der Waals surface area contributed by atoms with Crippen molar-refractivity contribution in [2.45, 2.75) is 39.7 Å².